The zero-order valence-electron chi connectivity index (χ0n) is 12.3. The minimum atomic E-state index is -4.07. The maximum Gasteiger partial charge on any atom is 0.319 e. The van der Waals surface area contributed by atoms with E-state index in [0.29, 0.717) is 18.4 Å². The average Bonchev–Trinajstić information content (AvgIpc) is 2.37. The standard InChI is InChI=1S/C15H19NO5S/c1-2-6-11-7-3-4-8-12(11)22(20,21)16-13(17)15(14(18)19)9-5-10-15/h3-4,7-8H,2,5-6,9-10H2,1H3,(H,16,17)(H,18,19). The summed E-state index contributed by atoms with van der Waals surface area (Å²) < 4.78 is 26.8. The van der Waals surface area contributed by atoms with Crippen molar-refractivity contribution in [2.24, 2.45) is 5.41 Å². The van der Waals surface area contributed by atoms with Crippen LogP contribution in [0.3, 0.4) is 0 Å². The van der Waals surface area contributed by atoms with E-state index in [2.05, 4.69) is 0 Å². The molecular formula is C15H19NO5S. The Hall–Kier alpha value is -1.89. The van der Waals surface area contributed by atoms with Crippen LogP contribution >= 0.6 is 0 Å². The summed E-state index contributed by atoms with van der Waals surface area (Å²) >= 11 is 0. The van der Waals surface area contributed by atoms with Crippen LogP contribution < -0.4 is 4.72 Å². The highest BCUT2D eigenvalue weighted by Crippen LogP contribution is 2.41. The first-order valence-corrected chi connectivity index (χ1v) is 8.70. The fourth-order valence-electron chi connectivity index (χ4n) is 2.58. The van der Waals surface area contributed by atoms with E-state index >= 15 is 0 Å². The van der Waals surface area contributed by atoms with Crippen molar-refractivity contribution in [3.8, 4) is 0 Å². The molecule has 120 valence electrons. The number of aliphatic carboxylic acids is 1. The Bertz CT molecular complexity index is 692. The molecule has 6 nitrogen and oxygen atoms in total. The van der Waals surface area contributed by atoms with Crippen molar-refractivity contribution in [2.75, 3.05) is 0 Å². The van der Waals surface area contributed by atoms with E-state index in [-0.39, 0.29) is 17.7 Å². The third kappa shape index (κ3) is 2.85. The number of sulfonamides is 1. The van der Waals surface area contributed by atoms with E-state index in [0.717, 1.165) is 6.42 Å². The molecule has 0 bridgehead atoms. The van der Waals surface area contributed by atoms with Crippen LogP contribution in [0.4, 0.5) is 0 Å². The van der Waals surface area contributed by atoms with E-state index < -0.39 is 27.3 Å². The van der Waals surface area contributed by atoms with Gasteiger partial charge in [-0.1, -0.05) is 38.0 Å². The van der Waals surface area contributed by atoms with Crippen LogP contribution in [-0.2, 0) is 26.0 Å². The SMILES string of the molecule is CCCc1ccccc1S(=O)(=O)NC(=O)C1(C(=O)O)CCC1. The molecule has 1 amide bonds. The van der Waals surface area contributed by atoms with Gasteiger partial charge in [0.2, 0.25) is 0 Å². The van der Waals surface area contributed by atoms with Gasteiger partial charge in [-0.3, -0.25) is 9.59 Å². The monoisotopic (exact) mass is 325 g/mol. The highest BCUT2D eigenvalue weighted by atomic mass is 32.2. The summed E-state index contributed by atoms with van der Waals surface area (Å²) in [5.74, 6) is -2.22. The van der Waals surface area contributed by atoms with Crippen LogP contribution in [0.25, 0.3) is 0 Å². The minimum Gasteiger partial charge on any atom is -0.480 e. The minimum absolute atomic E-state index is 0.0325. The van der Waals surface area contributed by atoms with Gasteiger partial charge in [0.05, 0.1) is 4.90 Å². The molecule has 0 unspecified atom stereocenters. The first-order valence-electron chi connectivity index (χ1n) is 7.22. The zero-order valence-corrected chi connectivity index (χ0v) is 13.1. The molecule has 0 spiro atoms. The molecule has 1 aromatic rings. The van der Waals surface area contributed by atoms with E-state index in [4.69, 9.17) is 0 Å². The number of hydrogen-bond donors (Lipinski definition) is 2. The van der Waals surface area contributed by atoms with Gasteiger partial charge in [-0.2, -0.15) is 0 Å². The second-order valence-electron chi connectivity index (χ2n) is 5.53. The third-order valence-electron chi connectivity index (χ3n) is 4.06. The molecule has 1 saturated carbocycles. The lowest BCUT2D eigenvalue weighted by Gasteiger charge is -2.35. The Kier molecular flexibility index (Phi) is 4.55. The molecule has 22 heavy (non-hydrogen) atoms. The molecule has 0 aliphatic heterocycles. The van der Waals surface area contributed by atoms with Crippen molar-refractivity contribution in [1.29, 1.82) is 0 Å². The molecule has 1 aliphatic carbocycles. The second-order valence-corrected chi connectivity index (χ2v) is 7.18. The van der Waals surface area contributed by atoms with Crippen molar-refractivity contribution < 1.29 is 23.1 Å². The Balaban J connectivity index is 2.29. The number of aryl methyl sites for hydroxylation is 1. The van der Waals surface area contributed by atoms with E-state index in [1.807, 2.05) is 11.6 Å². The van der Waals surface area contributed by atoms with Gasteiger partial charge in [-0.25, -0.2) is 13.1 Å². The van der Waals surface area contributed by atoms with Gasteiger partial charge in [0.25, 0.3) is 15.9 Å². The topological polar surface area (TPSA) is 101 Å². The molecule has 1 fully saturated rings. The van der Waals surface area contributed by atoms with Gasteiger partial charge < -0.3 is 5.11 Å². The first kappa shape index (κ1) is 16.5. The lowest BCUT2D eigenvalue weighted by atomic mass is 9.68. The first-order chi connectivity index (χ1) is 10.3. The molecule has 1 aromatic carbocycles. The highest BCUT2D eigenvalue weighted by molar-refractivity contribution is 7.90. The number of nitrogens with one attached hydrogen (secondary N) is 1. The van der Waals surface area contributed by atoms with E-state index in [1.54, 1.807) is 18.2 Å². The van der Waals surface area contributed by atoms with Crippen molar-refractivity contribution >= 4 is 21.9 Å². The summed E-state index contributed by atoms with van der Waals surface area (Å²) in [6.45, 7) is 1.93. The molecule has 0 aromatic heterocycles. The van der Waals surface area contributed by atoms with Gasteiger partial charge in [0.15, 0.2) is 0 Å². The summed E-state index contributed by atoms with van der Waals surface area (Å²) in [5.41, 5.74) is -0.990. The number of carboxylic acids is 1. The number of benzene rings is 1. The van der Waals surface area contributed by atoms with Crippen molar-refractivity contribution in [1.82, 2.24) is 4.72 Å². The molecule has 7 heteroatoms. The average molecular weight is 325 g/mol. The fourth-order valence-corrected chi connectivity index (χ4v) is 3.91. The van der Waals surface area contributed by atoms with Crippen molar-refractivity contribution in [3.63, 3.8) is 0 Å². The molecule has 0 atom stereocenters. The maximum absolute atomic E-state index is 12.4. The molecule has 0 heterocycles. The van der Waals surface area contributed by atoms with Gasteiger partial charge in [-0.05, 0) is 30.9 Å². The number of carboxylic acid groups (broad SMARTS) is 1. The lowest BCUT2D eigenvalue weighted by Crippen LogP contribution is -2.52. The largest absolute Gasteiger partial charge is 0.480 e. The van der Waals surface area contributed by atoms with Crippen LogP contribution in [0, 0.1) is 5.41 Å². The normalized spacial score (nSPS) is 16.6. The van der Waals surface area contributed by atoms with Crippen LogP contribution in [0.2, 0.25) is 0 Å². The highest BCUT2D eigenvalue weighted by Gasteiger charge is 2.52. The number of carbonyl (C=O) groups excluding carboxylic acids is 1. The summed E-state index contributed by atoms with van der Waals surface area (Å²) in [6, 6.07) is 6.43. The van der Waals surface area contributed by atoms with Gasteiger partial charge in [-0.15, -0.1) is 0 Å². The predicted molar refractivity (Wildman–Crippen MR) is 79.7 cm³/mol. The Morgan fingerprint density at radius 1 is 1.27 bits per heavy atom. The zero-order chi connectivity index (χ0) is 16.4. The van der Waals surface area contributed by atoms with Crippen molar-refractivity contribution in [2.45, 2.75) is 43.9 Å². The number of hydrogen-bond acceptors (Lipinski definition) is 4. The second kappa shape index (κ2) is 6.08. The number of amides is 1. The number of rotatable bonds is 6. The third-order valence-corrected chi connectivity index (χ3v) is 5.49. The molecule has 2 rings (SSSR count). The van der Waals surface area contributed by atoms with Gasteiger partial charge in [0.1, 0.15) is 5.41 Å². The van der Waals surface area contributed by atoms with Crippen LogP contribution in [0.15, 0.2) is 29.2 Å². The number of carbonyl (C=O) groups is 2. The summed E-state index contributed by atoms with van der Waals surface area (Å²) in [7, 11) is -4.07. The van der Waals surface area contributed by atoms with E-state index in [1.165, 1.54) is 6.07 Å². The molecule has 0 radical (unpaired) electrons. The predicted octanol–water partition coefficient (Wildman–Crippen LogP) is 1.70. The van der Waals surface area contributed by atoms with Crippen molar-refractivity contribution in [3.05, 3.63) is 29.8 Å². The molecular weight excluding hydrogens is 306 g/mol. The summed E-state index contributed by atoms with van der Waals surface area (Å²) in [5, 5.41) is 9.20. The maximum atomic E-state index is 12.4. The van der Waals surface area contributed by atoms with Gasteiger partial charge >= 0.3 is 5.97 Å². The molecule has 0 saturated heterocycles. The van der Waals surface area contributed by atoms with E-state index in [9.17, 15) is 23.1 Å². The Morgan fingerprint density at radius 3 is 2.41 bits per heavy atom. The summed E-state index contributed by atoms with van der Waals surface area (Å²) in [4.78, 5) is 23.5. The molecule has 2 N–H and O–H groups in total. The van der Waals surface area contributed by atoms with Crippen LogP contribution in [-0.4, -0.2) is 25.4 Å². The summed E-state index contributed by atoms with van der Waals surface area (Å²) in [6.07, 6.45) is 2.27. The smallest absolute Gasteiger partial charge is 0.319 e. The lowest BCUT2D eigenvalue weighted by molar-refractivity contribution is -0.161. The molecule has 1 aliphatic rings. The Labute approximate surface area is 129 Å². The van der Waals surface area contributed by atoms with Crippen LogP contribution in [0.5, 0.6) is 0 Å². The quantitative estimate of drug-likeness (QED) is 0.775. The Morgan fingerprint density at radius 2 is 1.91 bits per heavy atom. The fraction of sp³-hybridized carbons (Fsp3) is 0.467. The van der Waals surface area contributed by atoms with Crippen LogP contribution in [0.1, 0.15) is 38.2 Å². The van der Waals surface area contributed by atoms with Gasteiger partial charge in [0, 0.05) is 0 Å².